The van der Waals surface area contributed by atoms with Gasteiger partial charge in [0, 0.05) is 16.5 Å². The third kappa shape index (κ3) is 4.95. The number of amides is 4. The number of para-hydroxylation sites is 1. The summed E-state index contributed by atoms with van der Waals surface area (Å²) in [5.41, 5.74) is 3.95. The highest BCUT2D eigenvalue weighted by Crippen LogP contribution is 2.65. The Balaban J connectivity index is 1.32. The van der Waals surface area contributed by atoms with E-state index in [2.05, 4.69) is 5.43 Å². The molecule has 0 bridgehead atoms. The minimum absolute atomic E-state index is 0.0845. The van der Waals surface area contributed by atoms with Crippen molar-refractivity contribution in [1.82, 2.24) is 9.91 Å². The smallest absolute Gasteiger partial charge is 0.260 e. The molecule has 2 heterocycles. The molecule has 4 aliphatic rings. The van der Waals surface area contributed by atoms with E-state index in [0.29, 0.717) is 27.4 Å². The van der Waals surface area contributed by atoms with E-state index in [1.54, 1.807) is 42.5 Å². The van der Waals surface area contributed by atoms with Crippen LogP contribution in [0.25, 0.3) is 0 Å². The van der Waals surface area contributed by atoms with Crippen molar-refractivity contribution in [3.8, 4) is 11.5 Å². The normalized spacial score (nSPS) is 26.8. The van der Waals surface area contributed by atoms with E-state index < -0.39 is 52.6 Å². The predicted molar refractivity (Wildman–Crippen MR) is 186 cm³/mol. The minimum Gasteiger partial charge on any atom is -0.504 e. The molecule has 51 heavy (non-hydrogen) atoms. The van der Waals surface area contributed by atoms with Gasteiger partial charge in [0.1, 0.15) is 5.82 Å². The number of nitrogens with one attached hydrogen (secondary N) is 1. The van der Waals surface area contributed by atoms with E-state index in [-0.39, 0.29) is 42.7 Å². The van der Waals surface area contributed by atoms with Crippen LogP contribution in [0.15, 0.2) is 109 Å². The summed E-state index contributed by atoms with van der Waals surface area (Å²) in [5.74, 6) is -6.27. The number of ether oxygens (including phenoxy) is 1. The number of anilines is 1. The lowest BCUT2D eigenvalue weighted by Gasteiger charge is -2.50. The van der Waals surface area contributed by atoms with Crippen molar-refractivity contribution in [3.63, 3.8) is 0 Å². The number of benzene rings is 4. The van der Waals surface area contributed by atoms with Crippen LogP contribution in [-0.2, 0) is 31.1 Å². The first-order valence-corrected chi connectivity index (χ1v) is 17.1. The summed E-state index contributed by atoms with van der Waals surface area (Å²) in [4.78, 5) is 59.5. The summed E-state index contributed by atoms with van der Waals surface area (Å²) in [6.07, 6.45) is 2.25. The van der Waals surface area contributed by atoms with Crippen LogP contribution in [0.4, 0.5) is 10.1 Å². The number of phenolic OH excluding ortho intramolecular Hbond substituents is 1. The average molecular weight is 706 g/mol. The molecule has 4 amide bonds. The number of hydrogen-bond acceptors (Lipinski definition) is 7. The van der Waals surface area contributed by atoms with Crippen LogP contribution < -0.4 is 10.2 Å². The van der Waals surface area contributed by atoms with E-state index in [1.807, 2.05) is 36.4 Å². The van der Waals surface area contributed by atoms with Gasteiger partial charge in [0.05, 0.1) is 42.5 Å². The van der Waals surface area contributed by atoms with Crippen molar-refractivity contribution in [3.05, 3.63) is 136 Å². The molecular formula is C40H33ClFN3O6. The second kappa shape index (κ2) is 12.4. The maximum atomic E-state index is 15.2. The molecule has 1 saturated carbocycles. The first-order valence-electron chi connectivity index (χ1n) is 16.8. The zero-order valence-electron chi connectivity index (χ0n) is 27.5. The molecule has 8 rings (SSSR count). The van der Waals surface area contributed by atoms with Gasteiger partial charge < -0.3 is 9.84 Å². The Labute approximate surface area is 298 Å². The second-order valence-electron chi connectivity index (χ2n) is 13.5. The van der Waals surface area contributed by atoms with Crippen LogP contribution in [0.5, 0.6) is 11.5 Å². The van der Waals surface area contributed by atoms with Crippen LogP contribution >= 0.6 is 11.6 Å². The van der Waals surface area contributed by atoms with E-state index >= 15 is 4.79 Å². The first-order chi connectivity index (χ1) is 24.6. The van der Waals surface area contributed by atoms with E-state index in [9.17, 15) is 23.9 Å². The van der Waals surface area contributed by atoms with E-state index in [1.165, 1.54) is 36.3 Å². The number of aromatic hydroxyl groups is 1. The molecule has 2 aliphatic heterocycles. The molecule has 3 fully saturated rings. The molecule has 2 aliphatic carbocycles. The topological polar surface area (TPSA) is 116 Å². The minimum atomic E-state index is -1.62. The van der Waals surface area contributed by atoms with Gasteiger partial charge in [-0.25, -0.2) is 4.39 Å². The number of imide groups is 2. The molecule has 2 N–H and O–H groups in total. The fourth-order valence-corrected chi connectivity index (χ4v) is 9.05. The monoisotopic (exact) mass is 705 g/mol. The van der Waals surface area contributed by atoms with Gasteiger partial charge in [-0.15, -0.1) is 0 Å². The van der Waals surface area contributed by atoms with Crippen molar-refractivity contribution >= 4 is 40.9 Å². The third-order valence-corrected chi connectivity index (χ3v) is 11.3. The highest BCUT2D eigenvalue weighted by atomic mass is 35.5. The Hall–Kier alpha value is -5.48. The summed E-state index contributed by atoms with van der Waals surface area (Å²) in [6, 6.07) is 26.3. The molecule has 2 saturated heterocycles. The Morgan fingerprint density at radius 2 is 1.61 bits per heavy atom. The molecule has 6 unspecified atom stereocenters. The summed E-state index contributed by atoms with van der Waals surface area (Å²) in [6.45, 7) is 0.124. The molecule has 9 nitrogen and oxygen atoms in total. The SMILES string of the molecule is COc1cccc(C2C3=CCC4C(=O)N(Cc5ccccc5)C(=O)C4C3CC3C(=O)N(Nc4ccc(F)cc4)C(=O)C32c2ccc(Cl)cc2)c1O. The number of fused-ring (bicyclic) bond motifs is 4. The summed E-state index contributed by atoms with van der Waals surface area (Å²) < 4.78 is 19.4. The fourth-order valence-electron chi connectivity index (χ4n) is 8.92. The van der Waals surface area contributed by atoms with Crippen LogP contribution in [-0.4, -0.2) is 45.8 Å². The number of rotatable bonds is 7. The maximum Gasteiger partial charge on any atom is 0.260 e. The number of methoxy groups -OCH3 is 1. The highest BCUT2D eigenvalue weighted by Gasteiger charge is 2.70. The number of nitrogens with zero attached hydrogens (tertiary/aromatic N) is 2. The fraction of sp³-hybridized carbons (Fsp3) is 0.250. The van der Waals surface area contributed by atoms with Gasteiger partial charge in [-0.05, 0) is 72.4 Å². The van der Waals surface area contributed by atoms with Gasteiger partial charge >= 0.3 is 0 Å². The quantitative estimate of drug-likeness (QED) is 0.169. The van der Waals surface area contributed by atoms with Gasteiger partial charge in [-0.1, -0.05) is 77.8 Å². The molecule has 0 spiro atoms. The van der Waals surface area contributed by atoms with Crippen LogP contribution in [0, 0.1) is 29.5 Å². The first kappa shape index (κ1) is 32.7. The van der Waals surface area contributed by atoms with Crippen molar-refractivity contribution in [1.29, 1.82) is 0 Å². The third-order valence-electron chi connectivity index (χ3n) is 11.1. The van der Waals surface area contributed by atoms with Crippen molar-refractivity contribution in [2.45, 2.75) is 30.7 Å². The average Bonchev–Trinajstić information content (AvgIpc) is 3.50. The largest absolute Gasteiger partial charge is 0.504 e. The van der Waals surface area contributed by atoms with Gasteiger partial charge in [-0.3, -0.25) is 29.5 Å². The number of halogens is 2. The highest BCUT2D eigenvalue weighted by molar-refractivity contribution is 6.30. The summed E-state index contributed by atoms with van der Waals surface area (Å²) in [7, 11) is 1.42. The Bertz CT molecular complexity index is 2110. The molecule has 6 atom stereocenters. The zero-order valence-corrected chi connectivity index (χ0v) is 28.2. The lowest BCUT2D eigenvalue weighted by atomic mass is 9.49. The van der Waals surface area contributed by atoms with Gasteiger partial charge in [-0.2, -0.15) is 5.01 Å². The lowest BCUT2D eigenvalue weighted by molar-refractivity contribution is -0.142. The zero-order chi connectivity index (χ0) is 35.6. The van der Waals surface area contributed by atoms with Crippen LogP contribution in [0.2, 0.25) is 5.02 Å². The number of allylic oxidation sites excluding steroid dienone is 2. The van der Waals surface area contributed by atoms with Crippen molar-refractivity contribution in [2.24, 2.45) is 23.7 Å². The lowest BCUT2D eigenvalue weighted by Crippen LogP contribution is -2.53. The summed E-state index contributed by atoms with van der Waals surface area (Å²) in [5, 5.41) is 13.2. The van der Waals surface area contributed by atoms with E-state index in [0.717, 1.165) is 10.6 Å². The van der Waals surface area contributed by atoms with E-state index in [4.69, 9.17) is 16.3 Å². The Kier molecular flexibility index (Phi) is 7.94. The molecule has 4 aromatic carbocycles. The van der Waals surface area contributed by atoms with Gasteiger partial charge in [0.2, 0.25) is 11.8 Å². The number of carbonyl (C=O) groups is 4. The molecule has 4 aromatic rings. The van der Waals surface area contributed by atoms with Crippen molar-refractivity contribution in [2.75, 3.05) is 12.5 Å². The second-order valence-corrected chi connectivity index (χ2v) is 14.0. The Morgan fingerprint density at radius 1 is 0.882 bits per heavy atom. The maximum absolute atomic E-state index is 15.2. The number of carbonyl (C=O) groups excluding carboxylic acids is 4. The molecule has 11 heteroatoms. The number of phenols is 1. The number of likely N-dealkylation sites (tertiary alicyclic amines) is 1. The van der Waals surface area contributed by atoms with Crippen LogP contribution in [0.3, 0.4) is 0 Å². The molecular weight excluding hydrogens is 673 g/mol. The number of hydrazine groups is 1. The summed E-state index contributed by atoms with van der Waals surface area (Å²) >= 11 is 6.35. The van der Waals surface area contributed by atoms with Gasteiger partial charge in [0.15, 0.2) is 11.5 Å². The van der Waals surface area contributed by atoms with Crippen molar-refractivity contribution < 1.29 is 33.4 Å². The van der Waals surface area contributed by atoms with Crippen LogP contribution in [0.1, 0.15) is 35.4 Å². The Morgan fingerprint density at radius 3 is 2.31 bits per heavy atom. The predicted octanol–water partition coefficient (Wildman–Crippen LogP) is 6.38. The number of hydrogen-bond donors (Lipinski definition) is 2. The standard InChI is InChI=1S/C40H33ClFN3O6/c1-51-32-9-5-8-29(35(32)46)34-27-18-19-28-33(38(49)44(36(28)47)21-22-6-3-2-4-7-22)30(27)20-31-37(48)45(43-26-16-14-25(42)15-17-26)39(50)40(31,34)23-10-12-24(41)13-11-23/h2-18,28,30-31,33-34,43,46H,19-21H2,1H3. The molecule has 258 valence electrons. The molecule has 0 radical (unpaired) electrons. The van der Waals surface area contributed by atoms with Gasteiger partial charge in [0.25, 0.3) is 11.8 Å². The molecule has 0 aromatic heterocycles.